The second-order valence-electron chi connectivity index (χ2n) is 3.98. The van der Waals surface area contributed by atoms with Gasteiger partial charge in [-0.05, 0) is 6.92 Å². The van der Waals surface area contributed by atoms with E-state index in [-0.39, 0.29) is 11.2 Å². The van der Waals surface area contributed by atoms with Crippen molar-refractivity contribution in [3.63, 3.8) is 0 Å². The molecule has 0 atom stereocenters. The molecule has 0 aliphatic heterocycles. The van der Waals surface area contributed by atoms with Crippen LogP contribution in [0.4, 0.5) is 0 Å². The maximum atomic E-state index is 11.8. The third-order valence-corrected chi connectivity index (χ3v) is 1.80. The van der Waals surface area contributed by atoms with Crippen LogP contribution in [0.25, 0.3) is 0 Å². The fourth-order valence-electron chi connectivity index (χ4n) is 1.01. The van der Waals surface area contributed by atoms with Gasteiger partial charge in [0.25, 0.3) is 0 Å². The van der Waals surface area contributed by atoms with Gasteiger partial charge in [-0.2, -0.15) is 5.10 Å². The van der Waals surface area contributed by atoms with Crippen molar-refractivity contribution in [1.29, 1.82) is 0 Å². The van der Waals surface area contributed by atoms with Crippen molar-refractivity contribution in [2.24, 2.45) is 5.41 Å². The Morgan fingerprint density at radius 3 is 2.62 bits per heavy atom. The van der Waals surface area contributed by atoms with Gasteiger partial charge < -0.3 is 0 Å². The summed E-state index contributed by atoms with van der Waals surface area (Å²) in [5.74, 6) is 0.488. The molecule has 0 spiro atoms. The molecule has 72 valence electrons. The van der Waals surface area contributed by atoms with Gasteiger partial charge >= 0.3 is 0 Å². The largest absolute Gasteiger partial charge is 0.290 e. The lowest BCUT2D eigenvalue weighted by Crippen LogP contribution is -2.24. The third-order valence-electron chi connectivity index (χ3n) is 1.80. The zero-order valence-corrected chi connectivity index (χ0v) is 8.53. The van der Waals surface area contributed by atoms with Crippen LogP contribution in [0.5, 0.6) is 0 Å². The van der Waals surface area contributed by atoms with Crippen LogP contribution in [0.1, 0.15) is 38.3 Å². The van der Waals surface area contributed by atoms with Crippen molar-refractivity contribution in [1.82, 2.24) is 14.8 Å². The number of rotatable bonds is 2. The summed E-state index contributed by atoms with van der Waals surface area (Å²) in [6, 6.07) is 0. The van der Waals surface area contributed by atoms with Gasteiger partial charge in [0.05, 0.1) is 0 Å². The van der Waals surface area contributed by atoms with Crippen molar-refractivity contribution in [3.05, 3.63) is 12.2 Å². The Morgan fingerprint density at radius 1 is 1.54 bits per heavy atom. The molecule has 0 bridgehead atoms. The molecule has 0 N–H and O–H groups in total. The predicted molar refractivity (Wildman–Crippen MR) is 49.5 cm³/mol. The van der Waals surface area contributed by atoms with E-state index in [2.05, 4.69) is 10.1 Å². The monoisotopic (exact) mass is 181 g/mol. The summed E-state index contributed by atoms with van der Waals surface area (Å²) in [4.78, 5) is 15.7. The number of aryl methyl sites for hydroxylation is 1. The van der Waals surface area contributed by atoms with E-state index in [1.165, 1.54) is 6.33 Å². The number of nitrogens with zero attached hydrogens (tertiary/aromatic N) is 3. The Bertz CT molecular complexity index is 309. The maximum absolute atomic E-state index is 11.8. The maximum Gasteiger partial charge on any atom is 0.205 e. The van der Waals surface area contributed by atoms with Crippen molar-refractivity contribution < 1.29 is 4.79 Å². The minimum atomic E-state index is -0.389. The van der Waals surface area contributed by atoms with Gasteiger partial charge in [-0.3, -0.25) is 4.79 Å². The molecule has 0 fully saturated rings. The molecule has 1 rings (SSSR count). The lowest BCUT2D eigenvalue weighted by molar-refractivity contribution is 0.0841. The second-order valence-corrected chi connectivity index (χ2v) is 3.98. The van der Waals surface area contributed by atoms with Crippen LogP contribution >= 0.6 is 0 Å². The standard InChI is InChI=1S/C9H15N3O/c1-5-12-8(10-6-11-12)7(13)9(2,3)4/h6H,5H2,1-4H3. The number of hydrogen-bond donors (Lipinski definition) is 0. The molecule has 4 heteroatoms. The minimum Gasteiger partial charge on any atom is -0.290 e. The van der Waals surface area contributed by atoms with E-state index in [1.807, 2.05) is 27.7 Å². The Morgan fingerprint density at radius 2 is 2.15 bits per heavy atom. The molecule has 0 saturated carbocycles. The number of hydrogen-bond acceptors (Lipinski definition) is 3. The van der Waals surface area contributed by atoms with Gasteiger partial charge in [-0.15, -0.1) is 0 Å². The van der Waals surface area contributed by atoms with Crippen molar-refractivity contribution in [2.45, 2.75) is 34.2 Å². The van der Waals surface area contributed by atoms with Crippen LogP contribution in [0, 0.1) is 5.41 Å². The summed E-state index contributed by atoms with van der Waals surface area (Å²) in [6.07, 6.45) is 1.42. The van der Waals surface area contributed by atoms with Crippen molar-refractivity contribution in [3.8, 4) is 0 Å². The number of Topliss-reactive ketones (excluding diaryl/α,β-unsaturated/α-hetero) is 1. The lowest BCUT2D eigenvalue weighted by Gasteiger charge is -2.15. The van der Waals surface area contributed by atoms with E-state index < -0.39 is 0 Å². The summed E-state index contributed by atoms with van der Waals surface area (Å²) < 4.78 is 1.62. The lowest BCUT2D eigenvalue weighted by atomic mass is 9.90. The fraction of sp³-hybridized carbons (Fsp3) is 0.667. The summed E-state index contributed by atoms with van der Waals surface area (Å²) >= 11 is 0. The average Bonchev–Trinajstić information content (AvgIpc) is 2.48. The molecule has 1 heterocycles. The van der Waals surface area contributed by atoms with E-state index >= 15 is 0 Å². The van der Waals surface area contributed by atoms with Crippen LogP contribution < -0.4 is 0 Å². The zero-order chi connectivity index (χ0) is 10.1. The zero-order valence-electron chi connectivity index (χ0n) is 8.53. The molecule has 1 aromatic rings. The van der Waals surface area contributed by atoms with Crippen molar-refractivity contribution >= 4 is 5.78 Å². The first-order valence-corrected chi connectivity index (χ1v) is 4.39. The molecule has 0 saturated heterocycles. The average molecular weight is 181 g/mol. The van der Waals surface area contributed by atoms with E-state index in [0.717, 1.165) is 0 Å². The van der Waals surface area contributed by atoms with Crippen molar-refractivity contribution in [2.75, 3.05) is 0 Å². The smallest absolute Gasteiger partial charge is 0.205 e. The first-order valence-electron chi connectivity index (χ1n) is 4.39. The number of carbonyl (C=O) groups is 1. The fourth-order valence-corrected chi connectivity index (χ4v) is 1.01. The SMILES string of the molecule is CCn1ncnc1C(=O)C(C)(C)C. The van der Waals surface area contributed by atoms with E-state index in [4.69, 9.17) is 0 Å². The summed E-state index contributed by atoms with van der Waals surface area (Å²) in [5.41, 5.74) is -0.389. The van der Waals surface area contributed by atoms with E-state index in [9.17, 15) is 4.79 Å². The molecule has 0 amide bonds. The number of aromatic nitrogens is 3. The molecule has 0 aliphatic rings. The Labute approximate surface area is 78.0 Å². The quantitative estimate of drug-likeness (QED) is 0.650. The van der Waals surface area contributed by atoms with Gasteiger partial charge in [0, 0.05) is 12.0 Å². The molecular formula is C9H15N3O. The molecule has 0 radical (unpaired) electrons. The summed E-state index contributed by atoms with van der Waals surface area (Å²) in [5, 5.41) is 3.95. The summed E-state index contributed by atoms with van der Waals surface area (Å²) in [6.45, 7) is 8.25. The first-order chi connectivity index (χ1) is 5.96. The van der Waals surface area contributed by atoms with Crippen LogP contribution in [0.3, 0.4) is 0 Å². The topological polar surface area (TPSA) is 47.8 Å². The molecular weight excluding hydrogens is 166 g/mol. The van der Waals surface area contributed by atoms with E-state index in [0.29, 0.717) is 12.4 Å². The van der Waals surface area contributed by atoms with Crippen LogP contribution in [-0.2, 0) is 6.54 Å². The number of ketones is 1. The van der Waals surface area contributed by atoms with E-state index in [1.54, 1.807) is 4.68 Å². The van der Waals surface area contributed by atoms with Crippen LogP contribution in [0.15, 0.2) is 6.33 Å². The summed E-state index contributed by atoms with van der Waals surface area (Å²) in [7, 11) is 0. The predicted octanol–water partition coefficient (Wildman–Crippen LogP) is 1.53. The molecule has 0 unspecified atom stereocenters. The number of carbonyl (C=O) groups excluding carboxylic acids is 1. The minimum absolute atomic E-state index is 0.0341. The van der Waals surface area contributed by atoms with Gasteiger partial charge in [0.2, 0.25) is 5.78 Å². The Hall–Kier alpha value is -1.19. The molecule has 4 nitrogen and oxygen atoms in total. The first kappa shape index (κ1) is 9.89. The second kappa shape index (κ2) is 3.28. The Kier molecular flexibility index (Phi) is 2.50. The molecule has 0 aliphatic carbocycles. The van der Waals surface area contributed by atoms with Crippen LogP contribution in [0.2, 0.25) is 0 Å². The van der Waals surface area contributed by atoms with Gasteiger partial charge in [-0.25, -0.2) is 9.67 Å². The Balaban J connectivity index is 3.02. The molecule has 0 aromatic carbocycles. The highest BCUT2D eigenvalue weighted by molar-refractivity contribution is 5.96. The highest BCUT2D eigenvalue weighted by Gasteiger charge is 2.26. The third kappa shape index (κ3) is 1.94. The normalized spacial score (nSPS) is 11.7. The molecule has 1 aromatic heterocycles. The van der Waals surface area contributed by atoms with Gasteiger partial charge in [0.1, 0.15) is 6.33 Å². The highest BCUT2D eigenvalue weighted by atomic mass is 16.1. The molecule has 13 heavy (non-hydrogen) atoms. The van der Waals surface area contributed by atoms with Crippen LogP contribution in [-0.4, -0.2) is 20.5 Å². The van der Waals surface area contributed by atoms with Gasteiger partial charge in [-0.1, -0.05) is 20.8 Å². The highest BCUT2D eigenvalue weighted by Crippen LogP contribution is 2.18. The van der Waals surface area contributed by atoms with Gasteiger partial charge in [0.15, 0.2) is 5.82 Å².